The normalized spacial score (nSPS) is 18.4. The zero-order valence-corrected chi connectivity index (χ0v) is 27.0. The minimum absolute atomic E-state index is 0.109. The first-order valence-electron chi connectivity index (χ1n) is 15.6. The molecule has 5 rings (SSSR count). The quantitative estimate of drug-likeness (QED) is 0.261. The maximum Gasteiger partial charge on any atom is 0.416 e. The lowest BCUT2D eigenvalue weighted by Gasteiger charge is -2.39. The van der Waals surface area contributed by atoms with Crippen molar-refractivity contribution in [3.8, 4) is 0 Å². The molecule has 1 N–H and O–H groups in total. The standard InChI is InChI=1S/C32H37F6N7O3/c1-5-22-17-24(28-25(45(22)30(46)48-6-2)7-8-27(42-28)43(3)4)41-29-39-18-26(44-9-11-47-12-10-44)23(40-29)15-19-13-20(31(33,34)35)16-21(14-19)32(36,37)38/h7-8,13-14,16,18,22,24H,5-6,9-12,15,17H2,1-4H3,(H,39,40,41)/t22-,24+/m1/s1. The van der Waals surface area contributed by atoms with Crippen molar-refractivity contribution >= 4 is 29.2 Å². The molecule has 48 heavy (non-hydrogen) atoms. The van der Waals surface area contributed by atoms with Crippen LogP contribution in [-0.4, -0.2) is 74.1 Å². The average molecular weight is 682 g/mol. The van der Waals surface area contributed by atoms with E-state index in [1.165, 1.54) is 6.20 Å². The van der Waals surface area contributed by atoms with E-state index in [4.69, 9.17) is 14.5 Å². The average Bonchev–Trinajstić information content (AvgIpc) is 3.04. The van der Waals surface area contributed by atoms with Crippen molar-refractivity contribution in [2.75, 3.05) is 67.0 Å². The fourth-order valence-electron chi connectivity index (χ4n) is 5.92. The lowest BCUT2D eigenvalue weighted by atomic mass is 9.93. The molecule has 2 atom stereocenters. The van der Waals surface area contributed by atoms with Gasteiger partial charge in [0.1, 0.15) is 5.82 Å². The van der Waals surface area contributed by atoms with Crippen molar-refractivity contribution in [1.29, 1.82) is 0 Å². The topological polar surface area (TPSA) is 96.0 Å². The second kappa shape index (κ2) is 14.0. The third-order valence-corrected chi connectivity index (χ3v) is 8.26. The Morgan fingerprint density at radius 1 is 1.00 bits per heavy atom. The van der Waals surface area contributed by atoms with Crippen LogP contribution in [0.2, 0.25) is 0 Å². The summed E-state index contributed by atoms with van der Waals surface area (Å²) in [6.07, 6.45) is -8.29. The largest absolute Gasteiger partial charge is 0.449 e. The zero-order valence-electron chi connectivity index (χ0n) is 27.0. The molecule has 16 heteroatoms. The highest BCUT2D eigenvalue weighted by Crippen LogP contribution is 2.41. The fourth-order valence-corrected chi connectivity index (χ4v) is 5.92. The van der Waals surface area contributed by atoms with Crippen molar-refractivity contribution in [3.63, 3.8) is 0 Å². The molecule has 260 valence electrons. The van der Waals surface area contributed by atoms with Gasteiger partial charge in [-0.15, -0.1) is 0 Å². The lowest BCUT2D eigenvalue weighted by molar-refractivity contribution is -0.143. The van der Waals surface area contributed by atoms with E-state index in [1.54, 1.807) is 24.0 Å². The molecule has 0 bridgehead atoms. The Labute approximate surface area is 274 Å². The van der Waals surface area contributed by atoms with Crippen LogP contribution in [0.15, 0.2) is 36.5 Å². The van der Waals surface area contributed by atoms with Crippen molar-refractivity contribution in [3.05, 3.63) is 64.6 Å². The molecule has 0 unspecified atom stereocenters. The monoisotopic (exact) mass is 681 g/mol. The van der Waals surface area contributed by atoms with Gasteiger partial charge in [-0.05, 0) is 55.7 Å². The third-order valence-electron chi connectivity index (χ3n) is 8.26. The van der Waals surface area contributed by atoms with E-state index in [0.717, 1.165) is 0 Å². The maximum atomic E-state index is 13.7. The van der Waals surface area contributed by atoms with Crippen LogP contribution < -0.4 is 20.0 Å². The van der Waals surface area contributed by atoms with E-state index in [2.05, 4.69) is 15.3 Å². The smallest absolute Gasteiger partial charge is 0.416 e. The first kappa shape index (κ1) is 35.0. The van der Waals surface area contributed by atoms with E-state index in [-0.39, 0.29) is 42.3 Å². The second-order valence-corrected chi connectivity index (χ2v) is 11.7. The minimum Gasteiger partial charge on any atom is -0.449 e. The molecule has 10 nitrogen and oxygen atoms in total. The predicted octanol–water partition coefficient (Wildman–Crippen LogP) is 6.70. The summed E-state index contributed by atoms with van der Waals surface area (Å²) < 4.78 is 92.9. The Kier molecular flexibility index (Phi) is 10.2. The Hall–Kier alpha value is -4.34. The van der Waals surface area contributed by atoms with Gasteiger partial charge in [0, 0.05) is 39.6 Å². The molecule has 0 radical (unpaired) electrons. The first-order chi connectivity index (χ1) is 22.7. The van der Waals surface area contributed by atoms with Gasteiger partial charge >= 0.3 is 18.4 Å². The molecule has 0 spiro atoms. The highest BCUT2D eigenvalue weighted by atomic mass is 19.4. The Morgan fingerprint density at radius 3 is 2.25 bits per heavy atom. The number of aromatic nitrogens is 3. The molecular weight excluding hydrogens is 644 g/mol. The van der Waals surface area contributed by atoms with Gasteiger partial charge in [0.25, 0.3) is 0 Å². The number of amides is 1. The number of nitrogens with zero attached hydrogens (tertiary/aromatic N) is 6. The highest BCUT2D eigenvalue weighted by Gasteiger charge is 2.39. The molecule has 2 aliphatic rings. The fraction of sp³-hybridized carbons (Fsp3) is 0.500. The summed E-state index contributed by atoms with van der Waals surface area (Å²) in [5.74, 6) is 0.742. The number of hydrogen-bond donors (Lipinski definition) is 1. The van der Waals surface area contributed by atoms with Crippen LogP contribution in [0, 0.1) is 0 Å². The van der Waals surface area contributed by atoms with Gasteiger partial charge in [0.15, 0.2) is 0 Å². The van der Waals surface area contributed by atoms with Gasteiger partial charge in [0.2, 0.25) is 5.95 Å². The van der Waals surface area contributed by atoms with Gasteiger partial charge in [-0.2, -0.15) is 26.3 Å². The van der Waals surface area contributed by atoms with Crippen LogP contribution in [0.3, 0.4) is 0 Å². The third kappa shape index (κ3) is 7.69. The predicted molar refractivity (Wildman–Crippen MR) is 167 cm³/mol. The zero-order chi connectivity index (χ0) is 34.8. The van der Waals surface area contributed by atoms with Crippen LogP contribution in [0.1, 0.15) is 60.8 Å². The maximum absolute atomic E-state index is 13.7. The lowest BCUT2D eigenvalue weighted by Crippen LogP contribution is -2.46. The molecule has 0 saturated carbocycles. The van der Waals surface area contributed by atoms with Crippen molar-refractivity contribution in [1.82, 2.24) is 15.0 Å². The van der Waals surface area contributed by atoms with E-state index in [0.29, 0.717) is 74.2 Å². The number of halogens is 6. The molecule has 1 saturated heterocycles. The highest BCUT2D eigenvalue weighted by molar-refractivity contribution is 5.90. The second-order valence-electron chi connectivity index (χ2n) is 11.7. The molecule has 1 fully saturated rings. The minimum atomic E-state index is -4.98. The van der Waals surface area contributed by atoms with Gasteiger partial charge in [-0.25, -0.2) is 19.7 Å². The van der Waals surface area contributed by atoms with Crippen molar-refractivity contribution in [2.45, 2.75) is 57.5 Å². The molecule has 0 aliphatic carbocycles. The number of carbonyl (C=O) groups is 1. The number of morpholine rings is 1. The van der Waals surface area contributed by atoms with Gasteiger partial charge in [-0.3, -0.25) is 4.90 Å². The van der Waals surface area contributed by atoms with E-state index in [9.17, 15) is 31.1 Å². The molecule has 2 aliphatic heterocycles. The van der Waals surface area contributed by atoms with E-state index < -0.39 is 35.6 Å². The van der Waals surface area contributed by atoms with Crippen LogP contribution in [0.5, 0.6) is 0 Å². The van der Waals surface area contributed by atoms with Crippen LogP contribution >= 0.6 is 0 Å². The first-order valence-corrected chi connectivity index (χ1v) is 15.6. The Balaban J connectivity index is 1.56. The summed E-state index contributed by atoms with van der Waals surface area (Å²) >= 11 is 0. The molecule has 1 amide bonds. The molecule has 4 heterocycles. The molecule has 3 aromatic rings. The number of rotatable bonds is 8. The number of anilines is 4. The summed E-state index contributed by atoms with van der Waals surface area (Å²) in [7, 11) is 3.66. The number of benzene rings is 1. The Morgan fingerprint density at radius 2 is 1.67 bits per heavy atom. The summed E-state index contributed by atoms with van der Waals surface area (Å²) in [5, 5.41) is 3.30. The van der Waals surface area contributed by atoms with E-state index in [1.807, 2.05) is 30.8 Å². The van der Waals surface area contributed by atoms with E-state index >= 15 is 0 Å². The summed E-state index contributed by atoms with van der Waals surface area (Å²) in [4.78, 5) is 32.4. The van der Waals surface area contributed by atoms with Gasteiger partial charge in [-0.1, -0.05) is 6.92 Å². The number of nitrogens with one attached hydrogen (secondary N) is 1. The summed E-state index contributed by atoms with van der Waals surface area (Å²) in [6, 6.07) is 4.35. The number of pyridine rings is 1. The molecular formula is C32H37F6N7O3. The summed E-state index contributed by atoms with van der Waals surface area (Å²) in [5.41, 5.74) is -1.19. The van der Waals surface area contributed by atoms with Crippen LogP contribution in [-0.2, 0) is 28.2 Å². The number of ether oxygens (including phenoxy) is 2. The number of carbonyl (C=O) groups excluding carboxylic acids is 1. The van der Waals surface area contributed by atoms with Crippen molar-refractivity contribution in [2.24, 2.45) is 0 Å². The van der Waals surface area contributed by atoms with Crippen LogP contribution in [0.4, 0.5) is 54.3 Å². The van der Waals surface area contributed by atoms with Crippen molar-refractivity contribution < 1.29 is 40.6 Å². The van der Waals surface area contributed by atoms with Crippen LogP contribution in [0.25, 0.3) is 0 Å². The number of alkyl halides is 6. The number of hydrogen-bond acceptors (Lipinski definition) is 9. The molecule has 1 aromatic carbocycles. The number of fused-ring (bicyclic) bond motifs is 1. The Bertz CT molecular complexity index is 1580. The molecule has 2 aromatic heterocycles. The van der Waals surface area contributed by atoms with Gasteiger partial charge < -0.3 is 24.6 Å². The summed E-state index contributed by atoms with van der Waals surface area (Å²) in [6.45, 7) is 5.50. The van der Waals surface area contributed by atoms with Gasteiger partial charge in [0.05, 0.1) is 65.9 Å². The SMILES string of the molecule is CCOC(=O)N1c2ccc(N(C)C)nc2[C@@H](Nc2ncc(N3CCOCC3)c(Cc3cc(C(F)(F)F)cc(C(F)(F)F)c3)n2)C[C@H]1CC.